The first-order chi connectivity index (χ1) is 11.1. The predicted molar refractivity (Wildman–Crippen MR) is 87.1 cm³/mol. The van der Waals surface area contributed by atoms with Crippen LogP contribution in [-0.2, 0) is 11.3 Å². The fourth-order valence-electron chi connectivity index (χ4n) is 2.91. The molecule has 1 aliphatic heterocycles. The second-order valence-corrected chi connectivity index (χ2v) is 6.23. The molecular formula is C17H24N4O2. The molecule has 0 unspecified atom stereocenters. The molecule has 0 bridgehead atoms. The quantitative estimate of drug-likeness (QED) is 0.901. The fourth-order valence-corrected chi connectivity index (χ4v) is 2.91. The smallest absolute Gasteiger partial charge is 0.137 e. The van der Waals surface area contributed by atoms with Crippen LogP contribution in [0.2, 0.25) is 0 Å². The summed E-state index contributed by atoms with van der Waals surface area (Å²) in [6, 6.07) is 6.16. The monoisotopic (exact) mass is 316 g/mol. The van der Waals surface area contributed by atoms with Crippen LogP contribution in [0.25, 0.3) is 0 Å². The standard InChI is InChI=1S/C17H24N4O2/c1-13-3-4-15(7-14(13)2)17(22)10-20-5-6-23-16(8-20)9-21-12-18-11-19-21/h3-4,7,11-12,16-17,22H,5-6,8-10H2,1-2H3/t16-,17+/m1/s1. The SMILES string of the molecule is Cc1ccc([C@@H](O)CN2CCO[C@@H](Cn3cncn3)C2)cc1C. The van der Waals surface area contributed by atoms with Gasteiger partial charge in [0, 0.05) is 19.6 Å². The van der Waals surface area contributed by atoms with E-state index in [9.17, 15) is 5.11 Å². The number of hydrogen-bond acceptors (Lipinski definition) is 5. The molecule has 1 aromatic heterocycles. The van der Waals surface area contributed by atoms with Gasteiger partial charge in [-0.1, -0.05) is 18.2 Å². The third-order valence-corrected chi connectivity index (χ3v) is 4.43. The van der Waals surface area contributed by atoms with Crippen LogP contribution in [0.15, 0.2) is 30.9 Å². The maximum atomic E-state index is 10.5. The number of aliphatic hydroxyl groups excluding tert-OH is 1. The second-order valence-electron chi connectivity index (χ2n) is 6.23. The number of ether oxygens (including phenoxy) is 1. The summed E-state index contributed by atoms with van der Waals surface area (Å²) in [5.74, 6) is 0. The lowest BCUT2D eigenvalue weighted by atomic mass is 10.0. The number of morpholine rings is 1. The Kier molecular flexibility index (Phi) is 5.05. The maximum Gasteiger partial charge on any atom is 0.137 e. The first-order valence-corrected chi connectivity index (χ1v) is 8.03. The average Bonchev–Trinajstić information content (AvgIpc) is 3.03. The van der Waals surface area contributed by atoms with E-state index in [0.29, 0.717) is 19.7 Å². The van der Waals surface area contributed by atoms with E-state index >= 15 is 0 Å². The molecule has 2 heterocycles. The van der Waals surface area contributed by atoms with Gasteiger partial charge in [0.05, 0.1) is 25.4 Å². The van der Waals surface area contributed by atoms with Gasteiger partial charge in [0.25, 0.3) is 0 Å². The first-order valence-electron chi connectivity index (χ1n) is 8.03. The zero-order valence-electron chi connectivity index (χ0n) is 13.7. The lowest BCUT2D eigenvalue weighted by Gasteiger charge is -2.34. The highest BCUT2D eigenvalue weighted by molar-refractivity contribution is 5.31. The van der Waals surface area contributed by atoms with Crippen LogP contribution >= 0.6 is 0 Å². The predicted octanol–water partition coefficient (Wildman–Crippen LogP) is 1.33. The van der Waals surface area contributed by atoms with Crippen molar-refractivity contribution in [1.29, 1.82) is 0 Å². The largest absolute Gasteiger partial charge is 0.387 e. The molecule has 0 amide bonds. The Morgan fingerprint density at radius 3 is 2.96 bits per heavy atom. The van der Waals surface area contributed by atoms with Crippen LogP contribution in [0.5, 0.6) is 0 Å². The van der Waals surface area contributed by atoms with Crippen molar-refractivity contribution in [2.75, 3.05) is 26.2 Å². The molecule has 1 aromatic carbocycles. The molecule has 1 fully saturated rings. The highest BCUT2D eigenvalue weighted by Crippen LogP contribution is 2.19. The van der Waals surface area contributed by atoms with Gasteiger partial charge in [0.1, 0.15) is 12.7 Å². The summed E-state index contributed by atoms with van der Waals surface area (Å²) >= 11 is 0. The van der Waals surface area contributed by atoms with Crippen molar-refractivity contribution < 1.29 is 9.84 Å². The van der Waals surface area contributed by atoms with E-state index in [2.05, 4.69) is 41.0 Å². The number of aliphatic hydroxyl groups is 1. The van der Waals surface area contributed by atoms with Crippen LogP contribution in [0.4, 0.5) is 0 Å². The molecular weight excluding hydrogens is 292 g/mol. The van der Waals surface area contributed by atoms with Crippen LogP contribution in [0.1, 0.15) is 22.8 Å². The highest BCUT2D eigenvalue weighted by Gasteiger charge is 2.23. The number of aromatic nitrogens is 3. The van der Waals surface area contributed by atoms with E-state index in [1.54, 1.807) is 11.0 Å². The Balaban J connectivity index is 1.57. The highest BCUT2D eigenvalue weighted by atomic mass is 16.5. The number of hydrogen-bond donors (Lipinski definition) is 1. The Bertz CT molecular complexity index is 630. The zero-order chi connectivity index (χ0) is 16.2. The van der Waals surface area contributed by atoms with Gasteiger partial charge < -0.3 is 9.84 Å². The van der Waals surface area contributed by atoms with E-state index in [-0.39, 0.29) is 6.10 Å². The number of benzene rings is 1. The summed E-state index contributed by atoms with van der Waals surface area (Å²) < 4.78 is 7.58. The van der Waals surface area contributed by atoms with E-state index in [1.165, 1.54) is 17.5 Å². The molecule has 0 saturated carbocycles. The second kappa shape index (κ2) is 7.21. The van der Waals surface area contributed by atoms with Crippen molar-refractivity contribution in [2.45, 2.75) is 32.6 Å². The molecule has 0 radical (unpaired) electrons. The third kappa shape index (κ3) is 4.16. The summed E-state index contributed by atoms with van der Waals surface area (Å²) in [6.45, 7) is 7.79. The van der Waals surface area contributed by atoms with Crippen molar-refractivity contribution in [3.8, 4) is 0 Å². The van der Waals surface area contributed by atoms with Crippen molar-refractivity contribution in [2.24, 2.45) is 0 Å². The molecule has 0 aliphatic carbocycles. The summed E-state index contributed by atoms with van der Waals surface area (Å²) in [7, 11) is 0. The minimum atomic E-state index is -0.473. The number of aryl methyl sites for hydroxylation is 2. The third-order valence-electron chi connectivity index (χ3n) is 4.43. The molecule has 124 valence electrons. The average molecular weight is 316 g/mol. The molecule has 6 nitrogen and oxygen atoms in total. The molecule has 2 atom stereocenters. The van der Waals surface area contributed by atoms with Crippen molar-refractivity contribution >= 4 is 0 Å². The lowest BCUT2D eigenvalue weighted by molar-refractivity contribution is -0.0487. The summed E-state index contributed by atoms with van der Waals surface area (Å²) in [4.78, 5) is 6.21. The van der Waals surface area contributed by atoms with Crippen molar-refractivity contribution in [1.82, 2.24) is 19.7 Å². The molecule has 23 heavy (non-hydrogen) atoms. The van der Waals surface area contributed by atoms with E-state index in [1.807, 2.05) is 6.07 Å². The molecule has 6 heteroatoms. The number of β-amino-alcohol motifs (C(OH)–C–C–N with tert-alkyl or cyclic N) is 1. The van der Waals surface area contributed by atoms with Gasteiger partial charge in [-0.2, -0.15) is 5.10 Å². The minimum Gasteiger partial charge on any atom is -0.387 e. The van der Waals surface area contributed by atoms with Crippen molar-refractivity contribution in [3.63, 3.8) is 0 Å². The summed E-state index contributed by atoms with van der Waals surface area (Å²) in [5, 5.41) is 14.6. The Morgan fingerprint density at radius 1 is 1.35 bits per heavy atom. The van der Waals surface area contributed by atoms with Crippen LogP contribution < -0.4 is 0 Å². The normalized spacial score (nSPS) is 20.6. The van der Waals surface area contributed by atoms with Gasteiger partial charge in [-0.05, 0) is 30.5 Å². The Morgan fingerprint density at radius 2 is 2.22 bits per heavy atom. The van der Waals surface area contributed by atoms with E-state index < -0.39 is 6.10 Å². The maximum absolute atomic E-state index is 10.5. The van der Waals surface area contributed by atoms with Gasteiger partial charge in [-0.25, -0.2) is 4.98 Å². The van der Waals surface area contributed by atoms with Crippen molar-refractivity contribution in [3.05, 3.63) is 47.5 Å². The van der Waals surface area contributed by atoms with Gasteiger partial charge in [-0.3, -0.25) is 9.58 Å². The molecule has 1 N–H and O–H groups in total. The van der Waals surface area contributed by atoms with E-state index in [4.69, 9.17) is 4.74 Å². The molecule has 3 rings (SSSR count). The van der Waals surface area contributed by atoms with Crippen LogP contribution in [0, 0.1) is 13.8 Å². The Labute approximate surface area is 136 Å². The zero-order valence-corrected chi connectivity index (χ0v) is 13.7. The topological polar surface area (TPSA) is 63.4 Å². The number of rotatable bonds is 5. The summed E-state index contributed by atoms with van der Waals surface area (Å²) in [6.07, 6.45) is 2.84. The molecule has 1 aliphatic rings. The molecule has 2 aromatic rings. The molecule has 0 spiro atoms. The van der Waals surface area contributed by atoms with Gasteiger partial charge in [0.15, 0.2) is 0 Å². The van der Waals surface area contributed by atoms with Crippen LogP contribution in [-0.4, -0.2) is 57.1 Å². The van der Waals surface area contributed by atoms with E-state index in [0.717, 1.165) is 18.7 Å². The molecule has 1 saturated heterocycles. The van der Waals surface area contributed by atoms with Gasteiger partial charge in [0.2, 0.25) is 0 Å². The minimum absolute atomic E-state index is 0.0809. The first kappa shape index (κ1) is 16.1. The Hall–Kier alpha value is -1.76. The van der Waals surface area contributed by atoms with Gasteiger partial charge >= 0.3 is 0 Å². The lowest BCUT2D eigenvalue weighted by Crippen LogP contribution is -2.45. The van der Waals surface area contributed by atoms with Gasteiger partial charge in [-0.15, -0.1) is 0 Å². The van der Waals surface area contributed by atoms with Crippen LogP contribution in [0.3, 0.4) is 0 Å². The summed E-state index contributed by atoms with van der Waals surface area (Å²) in [5.41, 5.74) is 3.44. The fraction of sp³-hybridized carbons (Fsp3) is 0.529. The number of nitrogens with zero attached hydrogens (tertiary/aromatic N) is 4.